The number of thiophene rings is 1. The number of hydrogen-bond acceptors (Lipinski definition) is 7. The number of likely N-dealkylation sites (tertiary alicyclic amines) is 1. The number of carbonyl (C=O) groups is 2. The number of phenols is 1. The maximum absolute atomic E-state index is 13.0. The molecule has 2 heterocycles. The Morgan fingerprint density at radius 1 is 0.955 bits per heavy atom. The van der Waals surface area contributed by atoms with Crippen molar-refractivity contribution in [1.82, 2.24) is 15.1 Å². The molecular formula is C35H40N4O4S. The number of phenolic OH excluding ortho intramolecular Hbond substituents is 1. The van der Waals surface area contributed by atoms with Gasteiger partial charge in [0.2, 0.25) is 0 Å². The van der Waals surface area contributed by atoms with Gasteiger partial charge >= 0.3 is 6.09 Å². The van der Waals surface area contributed by atoms with Gasteiger partial charge in [0.25, 0.3) is 5.91 Å². The highest BCUT2D eigenvalue weighted by molar-refractivity contribution is 7.14. The Morgan fingerprint density at radius 2 is 1.68 bits per heavy atom. The maximum atomic E-state index is 13.0. The largest absolute Gasteiger partial charge is 0.508 e. The van der Waals surface area contributed by atoms with Crippen LogP contribution in [-0.4, -0.2) is 72.8 Å². The van der Waals surface area contributed by atoms with Crippen LogP contribution in [0.15, 0.2) is 91.0 Å². The number of nitrogens with zero attached hydrogens (tertiary/aromatic N) is 2. The van der Waals surface area contributed by atoms with Gasteiger partial charge in [0, 0.05) is 50.2 Å². The van der Waals surface area contributed by atoms with E-state index in [0.717, 1.165) is 72.0 Å². The van der Waals surface area contributed by atoms with Crippen molar-refractivity contribution in [2.45, 2.75) is 31.9 Å². The molecule has 5 rings (SSSR count). The molecule has 9 heteroatoms. The van der Waals surface area contributed by atoms with E-state index in [2.05, 4.69) is 15.5 Å². The molecule has 230 valence electrons. The van der Waals surface area contributed by atoms with E-state index >= 15 is 0 Å². The third kappa shape index (κ3) is 8.92. The van der Waals surface area contributed by atoms with Crippen molar-refractivity contribution < 1.29 is 19.4 Å². The van der Waals surface area contributed by atoms with Crippen LogP contribution in [0.3, 0.4) is 0 Å². The van der Waals surface area contributed by atoms with Gasteiger partial charge in [0.1, 0.15) is 11.9 Å². The van der Waals surface area contributed by atoms with Crippen LogP contribution < -0.4 is 10.6 Å². The Bertz CT molecular complexity index is 1500. The summed E-state index contributed by atoms with van der Waals surface area (Å²) in [6.07, 6.45) is 1.84. The molecule has 0 spiro atoms. The molecule has 1 fully saturated rings. The Hall–Kier alpha value is -4.18. The molecule has 2 amide bonds. The number of anilines is 1. The summed E-state index contributed by atoms with van der Waals surface area (Å²) in [6, 6.07) is 28.9. The van der Waals surface area contributed by atoms with E-state index in [1.165, 1.54) is 16.9 Å². The molecule has 0 radical (unpaired) electrons. The summed E-state index contributed by atoms with van der Waals surface area (Å²) in [4.78, 5) is 31.7. The number of carbonyl (C=O) groups excluding carboxylic acids is 2. The van der Waals surface area contributed by atoms with Gasteiger partial charge in [-0.3, -0.25) is 10.1 Å². The van der Waals surface area contributed by atoms with E-state index in [9.17, 15) is 14.7 Å². The molecule has 1 aromatic heterocycles. The van der Waals surface area contributed by atoms with Crippen molar-refractivity contribution in [3.63, 3.8) is 0 Å². The SMILES string of the molecule is CN(CCN1CCC(OC(=O)Nc2ccccc2-c2ccccc2)CC1)C(=O)c1ccc(CNCCc2ccc(O)cc2)s1. The minimum atomic E-state index is -0.431. The number of likely N-dealkylation sites (N-methyl/N-ethyl adjacent to an activating group) is 1. The van der Waals surface area contributed by atoms with Crippen LogP contribution in [0.1, 0.15) is 33.0 Å². The zero-order valence-electron chi connectivity index (χ0n) is 25.1. The number of ether oxygens (including phenoxy) is 1. The average Bonchev–Trinajstić information content (AvgIpc) is 3.53. The molecule has 3 aromatic carbocycles. The lowest BCUT2D eigenvalue weighted by Crippen LogP contribution is -2.42. The molecule has 8 nitrogen and oxygen atoms in total. The van der Waals surface area contributed by atoms with Gasteiger partial charge in [-0.05, 0) is 67.3 Å². The number of hydrogen-bond donors (Lipinski definition) is 3. The van der Waals surface area contributed by atoms with E-state index in [0.29, 0.717) is 13.1 Å². The van der Waals surface area contributed by atoms with Gasteiger partial charge in [-0.1, -0.05) is 60.7 Å². The van der Waals surface area contributed by atoms with Crippen LogP contribution in [0.4, 0.5) is 10.5 Å². The first kappa shape index (κ1) is 31.3. The van der Waals surface area contributed by atoms with E-state index in [1.54, 1.807) is 17.0 Å². The molecule has 44 heavy (non-hydrogen) atoms. The molecule has 0 bridgehead atoms. The molecule has 0 saturated carbocycles. The summed E-state index contributed by atoms with van der Waals surface area (Å²) < 4.78 is 5.77. The Balaban J connectivity index is 0.992. The van der Waals surface area contributed by atoms with E-state index < -0.39 is 6.09 Å². The molecule has 1 aliphatic heterocycles. The third-order valence-corrected chi connectivity index (χ3v) is 8.93. The number of rotatable bonds is 12. The predicted octanol–water partition coefficient (Wildman–Crippen LogP) is 6.24. The normalized spacial score (nSPS) is 13.8. The second kappa shape index (κ2) is 15.5. The average molecular weight is 613 g/mol. The first-order valence-electron chi connectivity index (χ1n) is 15.1. The zero-order valence-corrected chi connectivity index (χ0v) is 25.9. The van der Waals surface area contributed by atoms with Crippen LogP contribution >= 0.6 is 11.3 Å². The Labute approximate surface area is 263 Å². The first-order chi connectivity index (χ1) is 21.4. The molecule has 3 N–H and O–H groups in total. The minimum Gasteiger partial charge on any atom is -0.508 e. The number of piperidine rings is 1. The summed E-state index contributed by atoms with van der Waals surface area (Å²) in [5.74, 6) is 0.316. The van der Waals surface area contributed by atoms with E-state index in [4.69, 9.17) is 4.74 Å². The summed E-state index contributed by atoms with van der Waals surface area (Å²) >= 11 is 1.53. The molecule has 4 aromatic rings. The molecule has 0 atom stereocenters. The summed E-state index contributed by atoms with van der Waals surface area (Å²) in [6.45, 7) is 4.59. The highest BCUT2D eigenvalue weighted by Gasteiger charge is 2.23. The van der Waals surface area contributed by atoms with Crippen molar-refractivity contribution in [2.24, 2.45) is 0 Å². The van der Waals surface area contributed by atoms with Crippen molar-refractivity contribution in [3.8, 4) is 16.9 Å². The van der Waals surface area contributed by atoms with Gasteiger partial charge in [-0.2, -0.15) is 0 Å². The fourth-order valence-corrected chi connectivity index (χ4v) is 6.25. The lowest BCUT2D eigenvalue weighted by molar-refractivity contribution is 0.0541. The standard InChI is InChI=1S/C35H40N4O4S/c1-38(34(41)33-16-15-30(44-33)25-36-20-17-26-11-13-28(40)14-12-26)23-24-39-21-18-29(19-22-39)43-35(42)37-32-10-6-5-9-31(32)27-7-3-2-4-8-27/h2-16,29,36,40H,17-25H2,1H3,(H,37,42). The molecule has 0 unspecified atom stereocenters. The number of nitrogens with one attached hydrogen (secondary N) is 2. The third-order valence-electron chi connectivity index (χ3n) is 7.85. The Kier molecular flexibility index (Phi) is 11.0. The second-order valence-electron chi connectivity index (χ2n) is 11.1. The summed E-state index contributed by atoms with van der Waals surface area (Å²) in [5.41, 5.74) is 3.89. The monoisotopic (exact) mass is 612 g/mol. The number of amides is 2. The number of aromatic hydroxyl groups is 1. The summed E-state index contributed by atoms with van der Waals surface area (Å²) in [7, 11) is 1.85. The van der Waals surface area contributed by atoms with E-state index in [-0.39, 0.29) is 17.8 Å². The topological polar surface area (TPSA) is 94.1 Å². The van der Waals surface area contributed by atoms with Gasteiger partial charge in [-0.25, -0.2) is 4.79 Å². The first-order valence-corrected chi connectivity index (χ1v) is 15.9. The highest BCUT2D eigenvalue weighted by Crippen LogP contribution is 2.28. The maximum Gasteiger partial charge on any atom is 0.411 e. The smallest absolute Gasteiger partial charge is 0.411 e. The lowest BCUT2D eigenvalue weighted by atomic mass is 10.0. The van der Waals surface area contributed by atoms with Gasteiger partial charge < -0.3 is 25.0 Å². The van der Waals surface area contributed by atoms with E-state index in [1.807, 2.05) is 85.9 Å². The van der Waals surface area contributed by atoms with Crippen LogP contribution in [0.25, 0.3) is 11.1 Å². The van der Waals surface area contributed by atoms with Crippen LogP contribution in [0.2, 0.25) is 0 Å². The Morgan fingerprint density at radius 3 is 2.45 bits per heavy atom. The summed E-state index contributed by atoms with van der Waals surface area (Å²) in [5, 5.41) is 15.8. The fourth-order valence-electron chi connectivity index (χ4n) is 5.28. The number of benzene rings is 3. The number of para-hydroxylation sites is 1. The van der Waals surface area contributed by atoms with Gasteiger partial charge in [0.15, 0.2) is 0 Å². The minimum absolute atomic E-state index is 0.0380. The quantitative estimate of drug-likeness (QED) is 0.164. The van der Waals surface area contributed by atoms with Gasteiger partial charge in [-0.15, -0.1) is 11.3 Å². The van der Waals surface area contributed by atoms with Crippen molar-refractivity contribution >= 4 is 29.0 Å². The highest BCUT2D eigenvalue weighted by atomic mass is 32.1. The van der Waals surface area contributed by atoms with Crippen molar-refractivity contribution in [2.75, 3.05) is 45.1 Å². The van der Waals surface area contributed by atoms with Gasteiger partial charge in [0.05, 0.1) is 10.6 Å². The predicted molar refractivity (Wildman–Crippen MR) is 176 cm³/mol. The molecule has 0 aliphatic carbocycles. The zero-order chi connectivity index (χ0) is 30.7. The van der Waals surface area contributed by atoms with Crippen molar-refractivity contribution in [3.05, 3.63) is 106 Å². The second-order valence-corrected chi connectivity index (χ2v) is 12.2. The van der Waals surface area contributed by atoms with Crippen LogP contribution in [0.5, 0.6) is 5.75 Å². The molecular weight excluding hydrogens is 572 g/mol. The fraction of sp³-hybridized carbons (Fsp3) is 0.314. The van der Waals surface area contributed by atoms with Crippen molar-refractivity contribution in [1.29, 1.82) is 0 Å². The molecule has 1 saturated heterocycles. The van der Waals surface area contributed by atoms with Crippen LogP contribution in [0, 0.1) is 0 Å². The lowest BCUT2D eigenvalue weighted by Gasteiger charge is -2.32. The van der Waals surface area contributed by atoms with Crippen LogP contribution in [-0.2, 0) is 17.7 Å². The molecule has 1 aliphatic rings.